The lowest BCUT2D eigenvalue weighted by Gasteiger charge is -2.34. The second kappa shape index (κ2) is 11.7. The summed E-state index contributed by atoms with van der Waals surface area (Å²) in [4.78, 5) is 0. The van der Waals surface area contributed by atoms with Gasteiger partial charge in [-0.05, 0) is 86.3 Å². The average Bonchev–Trinajstić information content (AvgIpc) is 3.27. The first-order valence-electron chi connectivity index (χ1n) is 13.0. The number of nitriles is 1. The van der Waals surface area contributed by atoms with Crippen LogP contribution in [0.5, 0.6) is 5.75 Å². The number of aryl methyl sites for hydroxylation is 2. The Hall–Kier alpha value is -2.57. The topological polar surface area (TPSA) is 53.2 Å². The Balaban J connectivity index is 1.82. The third-order valence-corrected chi connectivity index (χ3v) is 7.74. The fourth-order valence-electron chi connectivity index (χ4n) is 5.39. The second-order valence-electron chi connectivity index (χ2n) is 9.95. The van der Waals surface area contributed by atoms with Gasteiger partial charge in [0.05, 0.1) is 18.3 Å². The number of rotatable bonds is 11. The molecule has 0 heterocycles. The number of hydrogen-bond donors (Lipinski definition) is 1. The molecule has 0 radical (unpaired) electrons. The van der Waals surface area contributed by atoms with Crippen LogP contribution in [0.25, 0.3) is 6.08 Å². The third kappa shape index (κ3) is 5.91. The van der Waals surface area contributed by atoms with Gasteiger partial charge in [-0.25, -0.2) is 0 Å². The molecule has 0 bridgehead atoms. The maximum atomic E-state index is 10.7. The van der Waals surface area contributed by atoms with E-state index in [-0.39, 0.29) is 5.41 Å². The fourth-order valence-corrected chi connectivity index (χ4v) is 5.39. The lowest BCUT2D eigenvalue weighted by Crippen LogP contribution is -2.26. The van der Waals surface area contributed by atoms with Crippen molar-refractivity contribution < 1.29 is 9.84 Å². The molecule has 1 saturated carbocycles. The van der Waals surface area contributed by atoms with Crippen molar-refractivity contribution in [3.05, 3.63) is 70.3 Å². The first-order valence-corrected chi connectivity index (χ1v) is 13.0. The molecule has 1 N–H and O–H groups in total. The van der Waals surface area contributed by atoms with Crippen molar-refractivity contribution in [3.63, 3.8) is 0 Å². The van der Waals surface area contributed by atoms with E-state index in [0.29, 0.717) is 13.0 Å². The Morgan fingerprint density at radius 3 is 2.24 bits per heavy atom. The van der Waals surface area contributed by atoms with Crippen LogP contribution in [-0.4, -0.2) is 17.3 Å². The molecule has 2 aromatic carbocycles. The summed E-state index contributed by atoms with van der Waals surface area (Å²) in [6.07, 6.45) is 12.5. The normalized spacial score (nSPS) is 15.5. The van der Waals surface area contributed by atoms with Crippen LogP contribution in [0.1, 0.15) is 99.5 Å². The van der Waals surface area contributed by atoms with Crippen molar-refractivity contribution in [2.45, 2.75) is 96.5 Å². The molecule has 0 aliphatic heterocycles. The van der Waals surface area contributed by atoms with E-state index in [1.165, 1.54) is 22.3 Å². The lowest BCUT2D eigenvalue weighted by molar-refractivity contribution is 0.100. The molecule has 3 rings (SSSR count). The van der Waals surface area contributed by atoms with Crippen molar-refractivity contribution in [2.24, 2.45) is 0 Å². The van der Waals surface area contributed by atoms with Crippen LogP contribution in [-0.2, 0) is 5.41 Å². The molecule has 0 unspecified atom stereocenters. The van der Waals surface area contributed by atoms with Gasteiger partial charge < -0.3 is 9.84 Å². The first kappa shape index (κ1) is 26.0. The van der Waals surface area contributed by atoms with Crippen molar-refractivity contribution in [1.82, 2.24) is 0 Å². The van der Waals surface area contributed by atoms with E-state index in [2.05, 4.69) is 76.2 Å². The van der Waals surface area contributed by atoms with Gasteiger partial charge in [0.15, 0.2) is 0 Å². The highest BCUT2D eigenvalue weighted by molar-refractivity contribution is 5.57. The molecule has 2 aromatic rings. The molecule has 0 saturated heterocycles. The van der Waals surface area contributed by atoms with Crippen LogP contribution in [0, 0.1) is 25.2 Å². The average molecular weight is 460 g/mol. The summed E-state index contributed by atoms with van der Waals surface area (Å²) < 4.78 is 6.00. The number of hydrogen-bond acceptors (Lipinski definition) is 3. The molecular formula is C31H41NO2. The van der Waals surface area contributed by atoms with E-state index < -0.39 is 5.60 Å². The maximum Gasteiger partial charge on any atom is 0.122 e. The van der Waals surface area contributed by atoms with Gasteiger partial charge in [-0.3, -0.25) is 0 Å². The molecular weight excluding hydrogens is 418 g/mol. The zero-order valence-corrected chi connectivity index (χ0v) is 21.5. The Morgan fingerprint density at radius 1 is 1.00 bits per heavy atom. The summed E-state index contributed by atoms with van der Waals surface area (Å²) in [6, 6.07) is 15.6. The van der Waals surface area contributed by atoms with Crippen LogP contribution in [0.4, 0.5) is 0 Å². The minimum absolute atomic E-state index is 0.0489. The van der Waals surface area contributed by atoms with Gasteiger partial charge >= 0.3 is 0 Å². The predicted octanol–water partition coefficient (Wildman–Crippen LogP) is 7.80. The zero-order valence-electron chi connectivity index (χ0n) is 21.5. The summed E-state index contributed by atoms with van der Waals surface area (Å²) >= 11 is 0. The smallest absolute Gasteiger partial charge is 0.122 e. The Morgan fingerprint density at radius 2 is 1.65 bits per heavy atom. The Bertz CT molecular complexity index is 1020. The van der Waals surface area contributed by atoms with E-state index in [1.807, 2.05) is 6.08 Å². The number of ether oxygens (including phenoxy) is 1. The first-order chi connectivity index (χ1) is 16.4. The minimum Gasteiger partial charge on any atom is -0.493 e. The molecule has 3 nitrogen and oxygen atoms in total. The predicted molar refractivity (Wildman–Crippen MR) is 141 cm³/mol. The van der Waals surface area contributed by atoms with Gasteiger partial charge in [-0.15, -0.1) is 0 Å². The van der Waals surface area contributed by atoms with Gasteiger partial charge in [-0.2, -0.15) is 5.26 Å². The molecule has 1 aliphatic rings. The van der Waals surface area contributed by atoms with Crippen LogP contribution in [0.15, 0.2) is 42.5 Å². The summed E-state index contributed by atoms with van der Waals surface area (Å²) in [5.41, 5.74) is 5.58. The standard InChI is InChI=1S/C31H41NO2/c1-5-31(6-2,28-14-15-29(25(4)23-28)34-21-11-7-10-20-32)27-13-12-26(24(3)22-27)16-19-30(33)17-8-9-18-30/h12-16,19,22-23,33H,5-11,17-18,21H2,1-4H3. The fraction of sp³-hybridized carbons (Fsp3) is 0.516. The highest BCUT2D eigenvalue weighted by Gasteiger charge is 2.32. The number of benzene rings is 2. The molecule has 1 fully saturated rings. The van der Waals surface area contributed by atoms with Crippen molar-refractivity contribution in [1.29, 1.82) is 5.26 Å². The van der Waals surface area contributed by atoms with Gasteiger partial charge in [0.2, 0.25) is 0 Å². The van der Waals surface area contributed by atoms with Crippen LogP contribution in [0.3, 0.4) is 0 Å². The number of unbranched alkanes of at least 4 members (excludes halogenated alkanes) is 2. The third-order valence-electron chi connectivity index (χ3n) is 7.74. The quantitative estimate of drug-likeness (QED) is 0.349. The molecule has 0 aromatic heterocycles. The molecule has 0 spiro atoms. The zero-order chi connectivity index (χ0) is 24.6. The van der Waals surface area contributed by atoms with E-state index in [4.69, 9.17) is 10.00 Å². The van der Waals surface area contributed by atoms with Crippen LogP contribution >= 0.6 is 0 Å². The monoisotopic (exact) mass is 459 g/mol. The van der Waals surface area contributed by atoms with Gasteiger partial charge in [-0.1, -0.05) is 69.2 Å². The van der Waals surface area contributed by atoms with Gasteiger partial charge in [0.1, 0.15) is 5.75 Å². The summed E-state index contributed by atoms with van der Waals surface area (Å²) in [5.74, 6) is 0.934. The molecule has 3 heteroatoms. The largest absolute Gasteiger partial charge is 0.493 e. The number of aliphatic hydroxyl groups is 1. The van der Waals surface area contributed by atoms with E-state index in [9.17, 15) is 5.11 Å². The highest BCUT2D eigenvalue weighted by Crippen LogP contribution is 2.41. The van der Waals surface area contributed by atoms with Gasteiger partial charge in [0, 0.05) is 11.8 Å². The van der Waals surface area contributed by atoms with Crippen molar-refractivity contribution in [3.8, 4) is 11.8 Å². The summed E-state index contributed by atoms with van der Waals surface area (Å²) in [6.45, 7) is 9.50. The maximum absolute atomic E-state index is 10.7. The van der Waals surface area contributed by atoms with Crippen molar-refractivity contribution in [2.75, 3.05) is 6.61 Å². The highest BCUT2D eigenvalue weighted by atomic mass is 16.5. The van der Waals surface area contributed by atoms with E-state index in [1.54, 1.807) is 0 Å². The van der Waals surface area contributed by atoms with Crippen molar-refractivity contribution >= 4 is 6.08 Å². The molecule has 34 heavy (non-hydrogen) atoms. The Kier molecular flexibility index (Phi) is 8.97. The lowest BCUT2D eigenvalue weighted by atomic mass is 9.70. The Labute approximate surface area is 206 Å². The minimum atomic E-state index is -0.626. The molecule has 182 valence electrons. The van der Waals surface area contributed by atoms with Crippen LogP contribution < -0.4 is 4.74 Å². The van der Waals surface area contributed by atoms with Crippen LogP contribution in [0.2, 0.25) is 0 Å². The molecule has 0 atom stereocenters. The van der Waals surface area contributed by atoms with E-state index in [0.717, 1.165) is 62.7 Å². The summed E-state index contributed by atoms with van der Waals surface area (Å²) in [5, 5.41) is 19.4. The second-order valence-corrected chi connectivity index (χ2v) is 9.95. The van der Waals surface area contributed by atoms with Gasteiger partial charge in [0.25, 0.3) is 0 Å². The number of nitrogens with zero attached hydrogens (tertiary/aromatic N) is 1. The molecule has 1 aliphatic carbocycles. The van der Waals surface area contributed by atoms with E-state index >= 15 is 0 Å². The molecule has 0 amide bonds. The summed E-state index contributed by atoms with van der Waals surface area (Å²) in [7, 11) is 0. The SMILES string of the molecule is CCC(CC)(c1ccc(C=CC2(O)CCCC2)c(C)c1)c1ccc(OCCCCC#N)c(C)c1.